The standard InChI is InChI=1S/C36H36ClFN4O3/c1-2-29(26-9-4-3-5-10-26)36(45)42-20-8-19-41(21-22-42)33-18-17-28(40-35(44)30-11-6-7-12-32(30)37)23-31(33)34(43)39-24-25-13-15-27(38)16-14-25/h3-7,9-18,23,29H,2,8,19-22,24H2,1H3,(H,39,43)(H,40,44). The Morgan fingerprint density at radius 2 is 1.56 bits per heavy atom. The Labute approximate surface area is 268 Å². The SMILES string of the molecule is CCC(C(=O)N1CCCN(c2ccc(NC(=O)c3ccccc3Cl)cc2C(=O)NCc2ccc(F)cc2)CC1)c1ccccc1. The van der Waals surface area contributed by atoms with Gasteiger partial charge in [0.05, 0.1) is 22.1 Å². The summed E-state index contributed by atoms with van der Waals surface area (Å²) in [7, 11) is 0. The third kappa shape index (κ3) is 7.88. The molecule has 7 nitrogen and oxygen atoms in total. The van der Waals surface area contributed by atoms with E-state index in [0.717, 1.165) is 17.5 Å². The van der Waals surface area contributed by atoms with Crippen molar-refractivity contribution < 1.29 is 18.8 Å². The fraction of sp³-hybridized carbons (Fsp3) is 0.250. The Morgan fingerprint density at radius 1 is 0.822 bits per heavy atom. The Hall–Kier alpha value is -4.69. The summed E-state index contributed by atoms with van der Waals surface area (Å²) in [5.74, 6) is -1.17. The first-order valence-corrected chi connectivity index (χ1v) is 15.5. The Bertz CT molecular complexity index is 1650. The number of carbonyl (C=O) groups is 3. The van der Waals surface area contributed by atoms with Gasteiger partial charge in [-0.15, -0.1) is 0 Å². The van der Waals surface area contributed by atoms with Crippen LogP contribution in [0.5, 0.6) is 0 Å². The quantitative estimate of drug-likeness (QED) is 0.212. The lowest BCUT2D eigenvalue weighted by molar-refractivity contribution is -0.132. The highest BCUT2D eigenvalue weighted by Crippen LogP contribution is 2.28. The van der Waals surface area contributed by atoms with Gasteiger partial charge in [-0.25, -0.2) is 4.39 Å². The minimum atomic E-state index is -0.390. The number of nitrogens with one attached hydrogen (secondary N) is 2. The normalized spacial score (nSPS) is 13.9. The van der Waals surface area contributed by atoms with Crippen LogP contribution in [0, 0.1) is 5.82 Å². The molecule has 0 saturated carbocycles. The van der Waals surface area contributed by atoms with E-state index in [-0.39, 0.29) is 36.0 Å². The maximum Gasteiger partial charge on any atom is 0.257 e. The summed E-state index contributed by atoms with van der Waals surface area (Å²) in [5.41, 5.74) is 3.61. The minimum Gasteiger partial charge on any atom is -0.369 e. The van der Waals surface area contributed by atoms with Crippen LogP contribution in [0.15, 0.2) is 97.1 Å². The van der Waals surface area contributed by atoms with Crippen molar-refractivity contribution in [2.45, 2.75) is 32.2 Å². The van der Waals surface area contributed by atoms with Crippen LogP contribution in [0.25, 0.3) is 0 Å². The van der Waals surface area contributed by atoms with Crippen molar-refractivity contribution in [3.05, 3.63) is 130 Å². The van der Waals surface area contributed by atoms with E-state index < -0.39 is 0 Å². The van der Waals surface area contributed by atoms with Gasteiger partial charge in [-0.1, -0.05) is 73.1 Å². The van der Waals surface area contributed by atoms with E-state index in [2.05, 4.69) is 15.5 Å². The molecule has 9 heteroatoms. The first-order valence-electron chi connectivity index (χ1n) is 15.1. The predicted octanol–water partition coefficient (Wildman–Crippen LogP) is 6.89. The highest BCUT2D eigenvalue weighted by Gasteiger charge is 2.27. The molecule has 1 unspecified atom stereocenters. The van der Waals surface area contributed by atoms with Gasteiger partial charge >= 0.3 is 0 Å². The number of halogens is 2. The van der Waals surface area contributed by atoms with Gasteiger partial charge in [0.1, 0.15) is 5.82 Å². The number of amides is 3. The summed E-state index contributed by atoms with van der Waals surface area (Å²) >= 11 is 6.23. The number of anilines is 2. The number of rotatable bonds is 9. The van der Waals surface area contributed by atoms with Gasteiger partial charge in [0, 0.05) is 44.1 Å². The second kappa shape index (κ2) is 14.9. The molecule has 1 saturated heterocycles. The zero-order chi connectivity index (χ0) is 31.8. The van der Waals surface area contributed by atoms with E-state index in [1.165, 1.54) is 12.1 Å². The number of nitrogens with zero attached hydrogens (tertiary/aromatic N) is 2. The molecule has 3 amide bonds. The molecule has 0 spiro atoms. The van der Waals surface area contributed by atoms with Crippen molar-refractivity contribution in [3.8, 4) is 0 Å². The molecule has 1 atom stereocenters. The fourth-order valence-corrected chi connectivity index (χ4v) is 5.85. The van der Waals surface area contributed by atoms with Gasteiger partial charge in [0.25, 0.3) is 11.8 Å². The molecule has 2 N–H and O–H groups in total. The van der Waals surface area contributed by atoms with Crippen molar-refractivity contribution in [1.82, 2.24) is 10.2 Å². The molecule has 0 aliphatic carbocycles. The summed E-state index contributed by atoms with van der Waals surface area (Å²) < 4.78 is 13.4. The van der Waals surface area contributed by atoms with Crippen LogP contribution < -0.4 is 15.5 Å². The molecule has 45 heavy (non-hydrogen) atoms. The van der Waals surface area contributed by atoms with Crippen LogP contribution in [0.4, 0.5) is 15.8 Å². The molecule has 0 aromatic heterocycles. The molecule has 0 radical (unpaired) electrons. The van der Waals surface area contributed by atoms with E-state index in [1.807, 2.05) is 48.2 Å². The first kappa shape index (κ1) is 31.7. The summed E-state index contributed by atoms with van der Waals surface area (Å²) in [5, 5.41) is 6.11. The third-order valence-electron chi connectivity index (χ3n) is 8.04. The van der Waals surface area contributed by atoms with Gasteiger partial charge in [-0.05, 0) is 66.4 Å². The lowest BCUT2D eigenvalue weighted by Gasteiger charge is -2.28. The lowest BCUT2D eigenvalue weighted by atomic mass is 9.95. The predicted molar refractivity (Wildman–Crippen MR) is 176 cm³/mol. The van der Waals surface area contributed by atoms with Crippen molar-refractivity contribution >= 4 is 40.7 Å². The van der Waals surface area contributed by atoms with Crippen molar-refractivity contribution in [2.24, 2.45) is 0 Å². The molecule has 1 aliphatic heterocycles. The van der Waals surface area contributed by atoms with Gasteiger partial charge in [-0.2, -0.15) is 0 Å². The highest BCUT2D eigenvalue weighted by molar-refractivity contribution is 6.34. The highest BCUT2D eigenvalue weighted by atomic mass is 35.5. The second-order valence-corrected chi connectivity index (χ2v) is 11.4. The van der Waals surface area contributed by atoms with Gasteiger partial charge in [0.15, 0.2) is 0 Å². The zero-order valence-electron chi connectivity index (χ0n) is 25.1. The van der Waals surface area contributed by atoms with E-state index >= 15 is 0 Å². The summed E-state index contributed by atoms with van der Waals surface area (Å²) in [6.07, 6.45) is 1.45. The Kier molecular flexibility index (Phi) is 10.5. The average Bonchev–Trinajstić information content (AvgIpc) is 3.32. The number of hydrogen-bond donors (Lipinski definition) is 2. The minimum absolute atomic E-state index is 0.112. The van der Waals surface area contributed by atoms with Gasteiger partial charge < -0.3 is 20.4 Å². The van der Waals surface area contributed by atoms with Crippen LogP contribution in [-0.2, 0) is 11.3 Å². The molecule has 1 fully saturated rings. The molecule has 1 aliphatic rings. The molecular formula is C36H36ClFN4O3. The average molecular weight is 627 g/mol. The monoisotopic (exact) mass is 626 g/mol. The van der Waals surface area contributed by atoms with Crippen molar-refractivity contribution in [2.75, 3.05) is 36.4 Å². The van der Waals surface area contributed by atoms with E-state index in [4.69, 9.17) is 11.6 Å². The fourth-order valence-electron chi connectivity index (χ4n) is 5.63. The first-order chi connectivity index (χ1) is 21.8. The Balaban J connectivity index is 1.37. The molecular weight excluding hydrogens is 591 g/mol. The molecule has 5 rings (SSSR count). The van der Waals surface area contributed by atoms with E-state index in [0.29, 0.717) is 60.1 Å². The Morgan fingerprint density at radius 3 is 2.29 bits per heavy atom. The van der Waals surface area contributed by atoms with E-state index in [9.17, 15) is 18.8 Å². The van der Waals surface area contributed by atoms with Crippen LogP contribution in [0.1, 0.15) is 57.5 Å². The van der Waals surface area contributed by atoms with Crippen LogP contribution in [-0.4, -0.2) is 48.8 Å². The molecule has 4 aromatic carbocycles. The van der Waals surface area contributed by atoms with Crippen LogP contribution in [0.2, 0.25) is 5.02 Å². The van der Waals surface area contributed by atoms with Crippen molar-refractivity contribution in [1.29, 1.82) is 0 Å². The van der Waals surface area contributed by atoms with Gasteiger partial charge in [0.2, 0.25) is 5.91 Å². The molecule has 0 bridgehead atoms. The third-order valence-corrected chi connectivity index (χ3v) is 8.37. The second-order valence-electron chi connectivity index (χ2n) is 11.0. The van der Waals surface area contributed by atoms with E-state index in [1.54, 1.807) is 48.5 Å². The molecule has 4 aromatic rings. The maximum absolute atomic E-state index is 13.6. The summed E-state index contributed by atoms with van der Waals surface area (Å²) in [6.45, 7) is 4.56. The summed E-state index contributed by atoms with van der Waals surface area (Å²) in [4.78, 5) is 44.3. The maximum atomic E-state index is 13.6. The summed E-state index contributed by atoms with van der Waals surface area (Å²) in [6, 6.07) is 27.8. The number of hydrogen-bond acceptors (Lipinski definition) is 4. The molecule has 1 heterocycles. The largest absolute Gasteiger partial charge is 0.369 e. The molecule has 232 valence electrons. The number of carbonyl (C=O) groups excluding carboxylic acids is 3. The van der Waals surface area contributed by atoms with Crippen LogP contribution in [0.3, 0.4) is 0 Å². The van der Waals surface area contributed by atoms with Gasteiger partial charge in [-0.3, -0.25) is 14.4 Å². The number of benzene rings is 4. The zero-order valence-corrected chi connectivity index (χ0v) is 25.9. The topological polar surface area (TPSA) is 81.8 Å². The van der Waals surface area contributed by atoms with Crippen molar-refractivity contribution in [3.63, 3.8) is 0 Å². The lowest BCUT2D eigenvalue weighted by Crippen LogP contribution is -2.38. The van der Waals surface area contributed by atoms with Crippen LogP contribution >= 0.6 is 11.6 Å². The smallest absolute Gasteiger partial charge is 0.257 e.